The molecule has 4 aromatic rings. The van der Waals surface area contributed by atoms with E-state index in [9.17, 15) is 9.90 Å². The molecule has 1 aliphatic heterocycles. The van der Waals surface area contributed by atoms with E-state index in [-0.39, 0.29) is 11.1 Å². The summed E-state index contributed by atoms with van der Waals surface area (Å²) in [5.74, 6) is 1.60. The zero-order valence-corrected chi connectivity index (χ0v) is 21.2. The molecule has 7 rings (SSSR count). The molecule has 2 aliphatic carbocycles. The average Bonchev–Trinajstić information content (AvgIpc) is 3.55. The molecule has 0 atom stereocenters. The Labute approximate surface area is 215 Å². The Morgan fingerprint density at radius 1 is 1.16 bits per heavy atom. The van der Waals surface area contributed by atoms with E-state index in [0.29, 0.717) is 5.92 Å². The lowest BCUT2D eigenvalue weighted by molar-refractivity contribution is 0.0687. The number of carboxylic acid groups (broad SMARTS) is 1. The van der Waals surface area contributed by atoms with Crippen LogP contribution in [0, 0.1) is 12.3 Å². The van der Waals surface area contributed by atoms with Crippen molar-refractivity contribution in [2.45, 2.75) is 44.9 Å². The molecule has 7 nitrogen and oxygen atoms in total. The van der Waals surface area contributed by atoms with Gasteiger partial charge in [-0.05, 0) is 67.7 Å². The van der Waals surface area contributed by atoms with Crippen LogP contribution in [0.3, 0.4) is 0 Å². The molecule has 1 saturated heterocycles. The fourth-order valence-electron chi connectivity index (χ4n) is 6.24. The van der Waals surface area contributed by atoms with Gasteiger partial charge in [-0.25, -0.2) is 9.78 Å². The minimum atomic E-state index is -0.920. The average molecular weight is 495 g/mol. The quantitative estimate of drug-likeness (QED) is 0.356. The standard InChI is InChI=1S/C30H30N4O3/c1-18-5-3-4-6-22(18)27-26(28(37-32-27)19-7-8-19)21-15-30(16-21)9-11-34(12-10-30)25-14-20-13-23(29(35)36)33(2)24(20)17-31-25/h3-6,13-15,17,19H,7-12,16H2,1-2H3,(H,35,36). The fraction of sp³-hybridized carbons (Fsp3) is 0.367. The number of allylic oxidation sites excluding steroid dienone is 2. The third kappa shape index (κ3) is 3.59. The number of benzene rings is 1. The van der Waals surface area contributed by atoms with E-state index >= 15 is 0 Å². The van der Waals surface area contributed by atoms with Crippen LogP contribution in [0.1, 0.15) is 65.4 Å². The van der Waals surface area contributed by atoms with E-state index in [4.69, 9.17) is 4.52 Å². The van der Waals surface area contributed by atoms with Crippen LogP contribution < -0.4 is 4.90 Å². The highest BCUT2D eigenvalue weighted by molar-refractivity contribution is 5.95. The number of anilines is 1. The van der Waals surface area contributed by atoms with Crippen molar-refractivity contribution in [1.29, 1.82) is 0 Å². The maximum Gasteiger partial charge on any atom is 0.352 e. The summed E-state index contributed by atoms with van der Waals surface area (Å²) in [6.45, 7) is 4.01. The molecule has 188 valence electrons. The Balaban J connectivity index is 1.13. The second kappa shape index (κ2) is 8.07. The second-order valence-electron chi connectivity index (χ2n) is 11.1. The van der Waals surface area contributed by atoms with Gasteiger partial charge in [0.25, 0.3) is 0 Å². The molecule has 1 saturated carbocycles. The van der Waals surface area contributed by atoms with Gasteiger partial charge in [0.1, 0.15) is 23.0 Å². The van der Waals surface area contributed by atoms with Gasteiger partial charge in [-0.2, -0.15) is 0 Å². The fourth-order valence-corrected chi connectivity index (χ4v) is 6.24. The first-order valence-corrected chi connectivity index (χ1v) is 13.1. The number of fused-ring (bicyclic) bond motifs is 1. The van der Waals surface area contributed by atoms with Gasteiger partial charge in [0.2, 0.25) is 0 Å². The van der Waals surface area contributed by atoms with Crippen molar-refractivity contribution in [2.24, 2.45) is 12.5 Å². The molecule has 1 spiro atoms. The van der Waals surface area contributed by atoms with Gasteiger partial charge >= 0.3 is 5.97 Å². The molecular weight excluding hydrogens is 464 g/mol. The van der Waals surface area contributed by atoms with Crippen LogP contribution in [0.2, 0.25) is 0 Å². The smallest absolute Gasteiger partial charge is 0.352 e. The van der Waals surface area contributed by atoms with Gasteiger partial charge in [0.05, 0.1) is 11.7 Å². The minimum Gasteiger partial charge on any atom is -0.477 e. The van der Waals surface area contributed by atoms with E-state index in [1.807, 2.05) is 6.07 Å². The number of aromatic nitrogens is 3. The number of hydrogen-bond acceptors (Lipinski definition) is 5. The normalized spacial score (nSPS) is 18.8. The zero-order valence-electron chi connectivity index (χ0n) is 21.2. The summed E-state index contributed by atoms with van der Waals surface area (Å²) in [6, 6.07) is 12.2. The Morgan fingerprint density at radius 2 is 1.92 bits per heavy atom. The highest BCUT2D eigenvalue weighted by Crippen LogP contribution is 2.55. The van der Waals surface area contributed by atoms with Gasteiger partial charge < -0.3 is 19.1 Å². The molecule has 37 heavy (non-hydrogen) atoms. The summed E-state index contributed by atoms with van der Waals surface area (Å²) in [6.07, 6.45) is 9.89. The molecule has 1 aromatic carbocycles. The molecule has 7 heteroatoms. The second-order valence-corrected chi connectivity index (χ2v) is 11.1. The Hall–Kier alpha value is -3.87. The number of rotatable bonds is 5. The molecular formula is C30H30N4O3. The lowest BCUT2D eigenvalue weighted by Crippen LogP contribution is -2.42. The van der Waals surface area contributed by atoms with Crippen molar-refractivity contribution in [3.8, 4) is 11.3 Å². The minimum absolute atomic E-state index is 0.222. The van der Waals surface area contributed by atoms with Crippen LogP contribution in [0.25, 0.3) is 27.7 Å². The lowest BCUT2D eigenvalue weighted by Gasteiger charge is -2.46. The number of aryl methyl sites for hydroxylation is 2. The maximum atomic E-state index is 11.5. The Kier molecular flexibility index (Phi) is 4.87. The summed E-state index contributed by atoms with van der Waals surface area (Å²) in [5, 5.41) is 14.9. The van der Waals surface area contributed by atoms with Crippen LogP contribution in [0.15, 0.2) is 53.2 Å². The van der Waals surface area contributed by atoms with E-state index in [0.717, 1.165) is 60.5 Å². The highest BCUT2D eigenvalue weighted by Gasteiger charge is 2.44. The van der Waals surface area contributed by atoms with E-state index in [1.54, 1.807) is 23.9 Å². The predicted octanol–water partition coefficient (Wildman–Crippen LogP) is 6.19. The van der Waals surface area contributed by atoms with Crippen LogP contribution in [-0.2, 0) is 7.05 Å². The molecule has 0 amide bonds. The van der Waals surface area contributed by atoms with Crippen molar-refractivity contribution in [3.05, 3.63) is 71.3 Å². The van der Waals surface area contributed by atoms with Crippen molar-refractivity contribution >= 4 is 28.3 Å². The lowest BCUT2D eigenvalue weighted by atomic mass is 9.63. The third-order valence-electron chi connectivity index (χ3n) is 8.63. The molecule has 3 aromatic heterocycles. The number of carbonyl (C=O) groups is 1. The van der Waals surface area contributed by atoms with Gasteiger partial charge in [0.15, 0.2) is 0 Å². The van der Waals surface area contributed by atoms with Gasteiger partial charge in [0, 0.05) is 42.6 Å². The highest BCUT2D eigenvalue weighted by atomic mass is 16.5. The van der Waals surface area contributed by atoms with Crippen LogP contribution >= 0.6 is 0 Å². The third-order valence-corrected chi connectivity index (χ3v) is 8.63. The summed E-state index contributed by atoms with van der Waals surface area (Å²) in [7, 11) is 1.77. The first-order valence-electron chi connectivity index (χ1n) is 13.1. The number of carboxylic acids is 1. The van der Waals surface area contributed by atoms with Gasteiger partial charge in [-0.15, -0.1) is 0 Å². The molecule has 1 N–H and O–H groups in total. The molecule has 2 fully saturated rings. The number of aromatic carboxylic acids is 1. The maximum absolute atomic E-state index is 11.5. The summed E-state index contributed by atoms with van der Waals surface area (Å²) in [5.41, 5.74) is 7.36. The van der Waals surface area contributed by atoms with E-state index in [2.05, 4.69) is 52.3 Å². The molecule has 3 aliphatic rings. The van der Waals surface area contributed by atoms with Crippen LogP contribution in [0.5, 0.6) is 0 Å². The molecule has 4 heterocycles. The zero-order chi connectivity index (χ0) is 25.3. The predicted molar refractivity (Wildman–Crippen MR) is 143 cm³/mol. The number of piperidine rings is 1. The number of pyridine rings is 1. The Morgan fingerprint density at radius 3 is 2.62 bits per heavy atom. The van der Waals surface area contributed by atoms with E-state index < -0.39 is 5.97 Å². The van der Waals surface area contributed by atoms with Crippen molar-refractivity contribution in [2.75, 3.05) is 18.0 Å². The van der Waals surface area contributed by atoms with Crippen molar-refractivity contribution in [1.82, 2.24) is 14.7 Å². The van der Waals surface area contributed by atoms with Gasteiger partial charge in [-0.1, -0.05) is 35.5 Å². The monoisotopic (exact) mass is 494 g/mol. The molecule has 0 bridgehead atoms. The first kappa shape index (κ1) is 22.3. The number of hydrogen-bond donors (Lipinski definition) is 1. The summed E-state index contributed by atoms with van der Waals surface area (Å²) in [4.78, 5) is 18.5. The van der Waals surface area contributed by atoms with Crippen LogP contribution in [0.4, 0.5) is 5.82 Å². The summed E-state index contributed by atoms with van der Waals surface area (Å²) >= 11 is 0. The van der Waals surface area contributed by atoms with E-state index in [1.165, 1.54) is 35.1 Å². The van der Waals surface area contributed by atoms with Gasteiger partial charge in [-0.3, -0.25) is 0 Å². The van der Waals surface area contributed by atoms with Crippen LogP contribution in [-0.4, -0.2) is 38.9 Å². The largest absolute Gasteiger partial charge is 0.477 e. The first-order chi connectivity index (χ1) is 17.9. The number of nitrogens with zero attached hydrogens (tertiary/aromatic N) is 4. The Bertz CT molecular complexity index is 1580. The topological polar surface area (TPSA) is 84.4 Å². The van der Waals surface area contributed by atoms with Crippen molar-refractivity contribution < 1.29 is 14.4 Å². The van der Waals surface area contributed by atoms with Crippen molar-refractivity contribution in [3.63, 3.8) is 0 Å². The summed E-state index contributed by atoms with van der Waals surface area (Å²) < 4.78 is 7.64. The SMILES string of the molecule is Cc1ccccc1-c1noc(C2CC2)c1C1=CC2(CCN(c3cc4cc(C(=O)O)n(C)c4cn3)CC2)C1. The molecule has 0 unspecified atom stereocenters. The molecule has 0 radical (unpaired) electrons.